The van der Waals surface area contributed by atoms with Crippen molar-refractivity contribution in [3.63, 3.8) is 0 Å². The predicted octanol–water partition coefficient (Wildman–Crippen LogP) is 4.38. The molecule has 1 aromatic rings. The Morgan fingerprint density at radius 1 is 1.36 bits per heavy atom. The van der Waals surface area contributed by atoms with Crippen LogP contribution in [0.4, 0.5) is 4.79 Å². The number of ether oxygens (including phenoxy) is 2. The number of cyclic esters (lactones) is 1. The fourth-order valence-electron chi connectivity index (χ4n) is 3.24. The van der Waals surface area contributed by atoms with Crippen molar-refractivity contribution < 1.29 is 19.1 Å². The summed E-state index contributed by atoms with van der Waals surface area (Å²) in [6.07, 6.45) is 5.34. The molecule has 5 nitrogen and oxygen atoms in total. The molecule has 1 aromatic carbocycles. The van der Waals surface area contributed by atoms with Gasteiger partial charge >= 0.3 is 12.1 Å². The van der Waals surface area contributed by atoms with E-state index in [0.717, 1.165) is 24.0 Å². The first kappa shape index (κ1) is 17.5. The number of nitrogens with one attached hydrogen (secondary N) is 1. The van der Waals surface area contributed by atoms with Crippen LogP contribution in [0.2, 0.25) is 0 Å². The first-order valence-electron chi connectivity index (χ1n) is 8.85. The zero-order chi connectivity index (χ0) is 18.0. The second kappa shape index (κ2) is 6.90. The van der Waals surface area contributed by atoms with E-state index in [-0.39, 0.29) is 12.1 Å². The minimum atomic E-state index is -0.526. The van der Waals surface area contributed by atoms with E-state index in [1.165, 1.54) is 12.0 Å². The van der Waals surface area contributed by atoms with E-state index in [2.05, 4.69) is 17.5 Å². The van der Waals surface area contributed by atoms with Gasteiger partial charge in [-0.25, -0.2) is 9.59 Å². The van der Waals surface area contributed by atoms with Gasteiger partial charge in [0.2, 0.25) is 0 Å². The van der Waals surface area contributed by atoms with Gasteiger partial charge in [-0.3, -0.25) is 0 Å². The number of alkyl carbamates (subject to hydrolysis) is 1. The van der Waals surface area contributed by atoms with Gasteiger partial charge < -0.3 is 14.8 Å². The molecule has 0 spiro atoms. The Labute approximate surface area is 148 Å². The monoisotopic (exact) mass is 343 g/mol. The molecule has 0 radical (unpaired) electrons. The number of hydrogen-bond acceptors (Lipinski definition) is 4. The molecular formula is C20H25NO4. The van der Waals surface area contributed by atoms with Crippen molar-refractivity contribution in [2.75, 3.05) is 6.54 Å². The van der Waals surface area contributed by atoms with Crippen LogP contribution in [0.15, 0.2) is 24.3 Å². The van der Waals surface area contributed by atoms with Crippen LogP contribution in [0.5, 0.6) is 0 Å². The quantitative estimate of drug-likeness (QED) is 0.824. The van der Waals surface area contributed by atoms with Gasteiger partial charge in [-0.15, -0.1) is 0 Å². The Hall–Kier alpha value is -2.30. The van der Waals surface area contributed by atoms with Gasteiger partial charge in [-0.2, -0.15) is 0 Å². The smallest absolute Gasteiger partial charge is 0.407 e. The molecule has 0 aromatic heterocycles. The molecule has 0 saturated heterocycles. The second-order valence-electron chi connectivity index (χ2n) is 7.53. The van der Waals surface area contributed by atoms with Crippen LogP contribution >= 0.6 is 0 Å². The average Bonchev–Trinajstić information content (AvgIpc) is 3.14. The Morgan fingerprint density at radius 3 is 2.84 bits per heavy atom. The SMILES string of the molecule is CC(C)(C)OC(=O)NCCC1OC(=O)c2cc(C3=CCCC3)ccc21. The highest BCUT2D eigenvalue weighted by Crippen LogP contribution is 2.36. The number of carbonyl (C=O) groups excluding carboxylic acids is 2. The van der Waals surface area contributed by atoms with Gasteiger partial charge in [0.1, 0.15) is 11.7 Å². The number of allylic oxidation sites excluding steroid dienone is 2. The third kappa shape index (κ3) is 4.21. The summed E-state index contributed by atoms with van der Waals surface area (Å²) < 4.78 is 10.7. The maximum absolute atomic E-state index is 12.2. The first-order valence-corrected chi connectivity index (χ1v) is 8.85. The van der Waals surface area contributed by atoms with Crippen molar-refractivity contribution in [1.82, 2.24) is 5.32 Å². The van der Waals surface area contributed by atoms with Gasteiger partial charge in [0.25, 0.3) is 0 Å². The number of rotatable bonds is 4. The lowest BCUT2D eigenvalue weighted by molar-refractivity contribution is 0.0359. The maximum atomic E-state index is 12.2. The fourth-order valence-corrected chi connectivity index (χ4v) is 3.24. The van der Waals surface area contributed by atoms with Crippen molar-refractivity contribution >= 4 is 17.6 Å². The van der Waals surface area contributed by atoms with Gasteiger partial charge in [-0.05, 0) is 57.2 Å². The highest BCUT2D eigenvalue weighted by atomic mass is 16.6. The number of fused-ring (bicyclic) bond motifs is 1. The van der Waals surface area contributed by atoms with Crippen LogP contribution in [0.25, 0.3) is 5.57 Å². The maximum Gasteiger partial charge on any atom is 0.407 e. The number of amides is 1. The zero-order valence-electron chi connectivity index (χ0n) is 15.1. The summed E-state index contributed by atoms with van der Waals surface area (Å²) in [4.78, 5) is 23.9. The molecule has 25 heavy (non-hydrogen) atoms. The molecule has 1 unspecified atom stereocenters. The minimum Gasteiger partial charge on any atom is -0.454 e. The largest absolute Gasteiger partial charge is 0.454 e. The summed E-state index contributed by atoms with van der Waals surface area (Å²) >= 11 is 0. The Balaban J connectivity index is 1.61. The summed E-state index contributed by atoms with van der Waals surface area (Å²) in [5.74, 6) is -0.280. The number of hydrogen-bond donors (Lipinski definition) is 1. The van der Waals surface area contributed by atoms with Crippen LogP contribution in [0, 0.1) is 0 Å². The van der Waals surface area contributed by atoms with Gasteiger partial charge in [0, 0.05) is 18.5 Å². The molecule has 3 rings (SSSR count). The summed E-state index contributed by atoms with van der Waals surface area (Å²) in [6.45, 7) is 5.84. The minimum absolute atomic E-state index is 0.280. The predicted molar refractivity (Wildman–Crippen MR) is 95.3 cm³/mol. The lowest BCUT2D eigenvalue weighted by Gasteiger charge is -2.20. The van der Waals surface area contributed by atoms with Gasteiger partial charge in [0.05, 0.1) is 5.56 Å². The summed E-state index contributed by atoms with van der Waals surface area (Å²) in [5.41, 5.74) is 3.44. The van der Waals surface area contributed by atoms with Crippen molar-refractivity contribution in [3.8, 4) is 0 Å². The molecule has 1 atom stereocenters. The lowest BCUT2D eigenvalue weighted by Crippen LogP contribution is -2.33. The van der Waals surface area contributed by atoms with Crippen LogP contribution < -0.4 is 5.32 Å². The molecule has 1 N–H and O–H groups in total. The van der Waals surface area contributed by atoms with E-state index < -0.39 is 11.7 Å². The molecule has 5 heteroatoms. The second-order valence-corrected chi connectivity index (χ2v) is 7.53. The number of carbonyl (C=O) groups is 2. The van der Waals surface area contributed by atoms with Crippen LogP contribution in [0.1, 0.15) is 74.0 Å². The average molecular weight is 343 g/mol. The Morgan fingerprint density at radius 2 is 2.16 bits per heavy atom. The standard InChI is InChI=1S/C20H25NO4/c1-20(2,3)25-19(23)21-11-10-17-15-9-8-14(13-6-4-5-7-13)12-16(15)18(22)24-17/h6,8-9,12,17H,4-5,7,10-11H2,1-3H3,(H,21,23). The molecule has 1 aliphatic carbocycles. The number of benzene rings is 1. The Kier molecular flexibility index (Phi) is 4.84. The summed E-state index contributed by atoms with van der Waals surface area (Å²) in [7, 11) is 0. The first-order chi connectivity index (χ1) is 11.8. The molecule has 1 aliphatic heterocycles. The molecular weight excluding hydrogens is 318 g/mol. The van der Waals surface area contributed by atoms with E-state index in [0.29, 0.717) is 18.5 Å². The number of esters is 1. The van der Waals surface area contributed by atoms with E-state index in [1.54, 1.807) is 0 Å². The molecule has 134 valence electrons. The third-order valence-corrected chi connectivity index (χ3v) is 4.36. The molecule has 2 aliphatic rings. The van der Waals surface area contributed by atoms with E-state index >= 15 is 0 Å². The van der Waals surface area contributed by atoms with Crippen molar-refractivity contribution in [2.24, 2.45) is 0 Å². The third-order valence-electron chi connectivity index (χ3n) is 4.36. The molecule has 0 bridgehead atoms. The fraction of sp³-hybridized carbons (Fsp3) is 0.500. The highest BCUT2D eigenvalue weighted by molar-refractivity contribution is 5.95. The van der Waals surface area contributed by atoms with E-state index in [1.807, 2.05) is 32.9 Å². The van der Waals surface area contributed by atoms with Crippen LogP contribution in [-0.4, -0.2) is 24.2 Å². The van der Waals surface area contributed by atoms with Crippen molar-refractivity contribution in [1.29, 1.82) is 0 Å². The summed E-state index contributed by atoms with van der Waals surface area (Å²) in [5, 5.41) is 2.71. The summed E-state index contributed by atoms with van der Waals surface area (Å²) in [6, 6.07) is 5.98. The molecule has 1 heterocycles. The van der Waals surface area contributed by atoms with Crippen molar-refractivity contribution in [3.05, 3.63) is 41.0 Å². The lowest BCUT2D eigenvalue weighted by atomic mass is 9.97. The highest BCUT2D eigenvalue weighted by Gasteiger charge is 2.31. The van der Waals surface area contributed by atoms with Crippen molar-refractivity contribution in [2.45, 2.75) is 58.2 Å². The Bertz CT molecular complexity index is 715. The zero-order valence-corrected chi connectivity index (χ0v) is 15.1. The molecule has 0 fully saturated rings. The van der Waals surface area contributed by atoms with E-state index in [4.69, 9.17) is 9.47 Å². The van der Waals surface area contributed by atoms with Crippen LogP contribution in [0.3, 0.4) is 0 Å². The molecule has 1 amide bonds. The normalized spacial score (nSPS) is 19.2. The van der Waals surface area contributed by atoms with Gasteiger partial charge in [0.15, 0.2) is 0 Å². The van der Waals surface area contributed by atoms with Gasteiger partial charge in [-0.1, -0.05) is 18.2 Å². The molecule has 0 saturated carbocycles. The van der Waals surface area contributed by atoms with E-state index in [9.17, 15) is 9.59 Å². The topological polar surface area (TPSA) is 64.6 Å². The van der Waals surface area contributed by atoms with Crippen LogP contribution in [-0.2, 0) is 9.47 Å².